The van der Waals surface area contributed by atoms with Crippen LogP contribution in [-0.2, 0) is 4.74 Å². The molecule has 0 aliphatic heterocycles. The van der Waals surface area contributed by atoms with E-state index in [1.54, 1.807) is 7.11 Å². The van der Waals surface area contributed by atoms with Crippen molar-refractivity contribution in [3.05, 3.63) is 18.1 Å². The molecule has 92 valence electrons. The largest absolute Gasteiger partial charge is 0.381 e. The number of nitrogen functional groups attached to an aromatic ring is 1. The molecule has 0 atom stereocenters. The number of amides is 1. The quantitative estimate of drug-likeness (QED) is 0.489. The van der Waals surface area contributed by atoms with Gasteiger partial charge in [-0.25, -0.2) is 10.8 Å². The molecule has 2 rings (SSSR count). The average Bonchev–Trinajstić information content (AvgIpc) is 2.33. The third-order valence-electron chi connectivity index (χ3n) is 2.78. The molecule has 4 N–H and O–H groups in total. The van der Waals surface area contributed by atoms with Crippen LogP contribution in [0.15, 0.2) is 12.4 Å². The first kappa shape index (κ1) is 11.7. The van der Waals surface area contributed by atoms with E-state index in [-0.39, 0.29) is 23.7 Å². The number of rotatable bonds is 4. The van der Waals surface area contributed by atoms with Crippen LogP contribution < -0.4 is 16.6 Å². The molecule has 17 heavy (non-hydrogen) atoms. The summed E-state index contributed by atoms with van der Waals surface area (Å²) in [4.78, 5) is 19.7. The number of aromatic nitrogens is 2. The van der Waals surface area contributed by atoms with Gasteiger partial charge in [-0.3, -0.25) is 9.78 Å². The summed E-state index contributed by atoms with van der Waals surface area (Å²) in [5, 5.41) is 2.86. The van der Waals surface area contributed by atoms with E-state index < -0.39 is 0 Å². The van der Waals surface area contributed by atoms with Crippen LogP contribution in [0.4, 0.5) is 5.82 Å². The summed E-state index contributed by atoms with van der Waals surface area (Å²) in [6, 6.07) is 0.156. The van der Waals surface area contributed by atoms with Gasteiger partial charge in [-0.05, 0) is 12.8 Å². The Morgan fingerprint density at radius 1 is 1.53 bits per heavy atom. The molecule has 1 heterocycles. The highest BCUT2D eigenvalue weighted by molar-refractivity contribution is 5.92. The molecule has 0 radical (unpaired) electrons. The third-order valence-corrected chi connectivity index (χ3v) is 2.78. The summed E-state index contributed by atoms with van der Waals surface area (Å²) < 4.78 is 5.13. The number of hydrogen-bond donors (Lipinski definition) is 3. The third kappa shape index (κ3) is 2.69. The van der Waals surface area contributed by atoms with Crippen LogP contribution in [-0.4, -0.2) is 35.1 Å². The molecule has 7 heteroatoms. The number of nitrogens with two attached hydrogens (primary N) is 1. The highest BCUT2D eigenvalue weighted by atomic mass is 16.5. The Labute approximate surface area is 98.7 Å². The van der Waals surface area contributed by atoms with Crippen molar-refractivity contribution >= 4 is 11.7 Å². The molecule has 0 saturated heterocycles. The molecule has 0 bridgehead atoms. The molecule has 0 unspecified atom stereocenters. The van der Waals surface area contributed by atoms with Crippen molar-refractivity contribution in [2.75, 3.05) is 12.5 Å². The van der Waals surface area contributed by atoms with Gasteiger partial charge in [0.05, 0.1) is 18.5 Å². The topological polar surface area (TPSA) is 102 Å². The molecule has 1 fully saturated rings. The molecule has 1 aromatic rings. The zero-order chi connectivity index (χ0) is 12.3. The van der Waals surface area contributed by atoms with E-state index in [1.807, 2.05) is 0 Å². The minimum Gasteiger partial charge on any atom is -0.381 e. The summed E-state index contributed by atoms with van der Waals surface area (Å²) in [7, 11) is 1.67. The Morgan fingerprint density at radius 2 is 2.29 bits per heavy atom. The van der Waals surface area contributed by atoms with Crippen LogP contribution in [0.3, 0.4) is 0 Å². The second-order valence-corrected chi connectivity index (χ2v) is 3.93. The second-order valence-electron chi connectivity index (χ2n) is 3.93. The van der Waals surface area contributed by atoms with E-state index in [0.717, 1.165) is 12.8 Å². The molecule has 1 aliphatic carbocycles. The van der Waals surface area contributed by atoms with Crippen LogP contribution in [0.2, 0.25) is 0 Å². The fourth-order valence-corrected chi connectivity index (χ4v) is 1.68. The van der Waals surface area contributed by atoms with E-state index in [4.69, 9.17) is 10.6 Å². The summed E-state index contributed by atoms with van der Waals surface area (Å²) in [5.74, 6) is 5.31. The second kappa shape index (κ2) is 5.07. The van der Waals surface area contributed by atoms with Crippen LogP contribution in [0.5, 0.6) is 0 Å². The number of methoxy groups -OCH3 is 1. The number of nitrogens with one attached hydrogen (secondary N) is 2. The standard InChI is InChI=1S/C10H15N5O2/c1-17-7-2-6(3-7)13-10(16)8-4-12-5-9(14-8)15-11/h4-7H,2-3,11H2,1H3,(H,13,16)(H,14,15). The fourth-order valence-electron chi connectivity index (χ4n) is 1.68. The normalized spacial score (nSPS) is 22.7. The van der Waals surface area contributed by atoms with Gasteiger partial charge in [0.2, 0.25) is 0 Å². The SMILES string of the molecule is COC1CC(NC(=O)c2cncc(NN)n2)C1. The lowest BCUT2D eigenvalue weighted by Gasteiger charge is -2.34. The van der Waals surface area contributed by atoms with E-state index in [9.17, 15) is 4.79 Å². The zero-order valence-electron chi connectivity index (χ0n) is 9.51. The molecule has 1 aromatic heterocycles. The van der Waals surface area contributed by atoms with Gasteiger partial charge in [0.25, 0.3) is 5.91 Å². The summed E-state index contributed by atoms with van der Waals surface area (Å²) in [5.41, 5.74) is 2.60. The summed E-state index contributed by atoms with van der Waals surface area (Å²) in [6.07, 6.45) is 4.78. The van der Waals surface area contributed by atoms with Crippen LogP contribution >= 0.6 is 0 Å². The lowest BCUT2D eigenvalue weighted by atomic mass is 9.89. The number of anilines is 1. The first-order chi connectivity index (χ1) is 8.22. The van der Waals surface area contributed by atoms with Crippen molar-refractivity contribution in [3.8, 4) is 0 Å². The van der Waals surface area contributed by atoms with Crippen molar-refractivity contribution in [1.82, 2.24) is 15.3 Å². The van der Waals surface area contributed by atoms with E-state index >= 15 is 0 Å². The van der Waals surface area contributed by atoms with Gasteiger partial charge in [0, 0.05) is 13.2 Å². The number of carbonyl (C=O) groups excluding carboxylic acids is 1. The Kier molecular flexibility index (Phi) is 3.50. The maximum absolute atomic E-state index is 11.8. The number of hydrazine groups is 1. The average molecular weight is 237 g/mol. The number of hydrogen-bond acceptors (Lipinski definition) is 6. The van der Waals surface area contributed by atoms with Crippen LogP contribution in [0.25, 0.3) is 0 Å². The van der Waals surface area contributed by atoms with Gasteiger partial charge in [-0.2, -0.15) is 0 Å². The van der Waals surface area contributed by atoms with Gasteiger partial charge < -0.3 is 15.5 Å². The molecular formula is C10H15N5O2. The summed E-state index contributed by atoms with van der Waals surface area (Å²) >= 11 is 0. The van der Waals surface area contributed by atoms with Crippen molar-refractivity contribution in [2.45, 2.75) is 25.0 Å². The summed E-state index contributed by atoms with van der Waals surface area (Å²) in [6.45, 7) is 0. The molecule has 7 nitrogen and oxygen atoms in total. The molecular weight excluding hydrogens is 222 g/mol. The van der Waals surface area contributed by atoms with E-state index in [0.29, 0.717) is 5.82 Å². The molecule has 1 aliphatic rings. The minimum absolute atomic E-state index is 0.156. The van der Waals surface area contributed by atoms with Crippen molar-refractivity contribution in [1.29, 1.82) is 0 Å². The number of nitrogens with zero attached hydrogens (tertiary/aromatic N) is 2. The monoisotopic (exact) mass is 237 g/mol. The van der Waals surface area contributed by atoms with Gasteiger partial charge in [-0.15, -0.1) is 0 Å². The zero-order valence-corrected chi connectivity index (χ0v) is 9.51. The van der Waals surface area contributed by atoms with Crippen LogP contribution in [0.1, 0.15) is 23.3 Å². The van der Waals surface area contributed by atoms with Gasteiger partial charge in [0.15, 0.2) is 5.82 Å². The predicted octanol–water partition coefficient (Wildman–Crippen LogP) is -0.331. The Bertz CT molecular complexity index is 405. The smallest absolute Gasteiger partial charge is 0.271 e. The molecule has 0 spiro atoms. The number of ether oxygens (including phenoxy) is 1. The van der Waals surface area contributed by atoms with Gasteiger partial charge >= 0.3 is 0 Å². The lowest BCUT2D eigenvalue weighted by Crippen LogP contribution is -2.47. The van der Waals surface area contributed by atoms with E-state index in [2.05, 4.69) is 20.7 Å². The maximum atomic E-state index is 11.8. The highest BCUT2D eigenvalue weighted by Crippen LogP contribution is 2.22. The Balaban J connectivity index is 1.91. The number of carbonyl (C=O) groups is 1. The maximum Gasteiger partial charge on any atom is 0.271 e. The van der Waals surface area contributed by atoms with E-state index in [1.165, 1.54) is 12.4 Å². The lowest BCUT2D eigenvalue weighted by molar-refractivity contribution is 0.0175. The first-order valence-electron chi connectivity index (χ1n) is 5.35. The highest BCUT2D eigenvalue weighted by Gasteiger charge is 2.30. The Morgan fingerprint density at radius 3 is 2.94 bits per heavy atom. The first-order valence-corrected chi connectivity index (χ1v) is 5.35. The van der Waals surface area contributed by atoms with Crippen LogP contribution in [0, 0.1) is 0 Å². The Hall–Kier alpha value is -1.73. The minimum atomic E-state index is -0.242. The van der Waals surface area contributed by atoms with Crippen molar-refractivity contribution < 1.29 is 9.53 Å². The van der Waals surface area contributed by atoms with Gasteiger partial charge in [0.1, 0.15) is 5.69 Å². The molecule has 1 saturated carbocycles. The van der Waals surface area contributed by atoms with Crippen molar-refractivity contribution in [3.63, 3.8) is 0 Å². The predicted molar refractivity (Wildman–Crippen MR) is 61.1 cm³/mol. The fraction of sp³-hybridized carbons (Fsp3) is 0.500. The molecule has 0 aromatic carbocycles. The molecule has 1 amide bonds. The van der Waals surface area contributed by atoms with Gasteiger partial charge in [-0.1, -0.05) is 0 Å². The van der Waals surface area contributed by atoms with Crippen molar-refractivity contribution in [2.24, 2.45) is 5.84 Å².